The Morgan fingerprint density at radius 1 is 1.47 bits per heavy atom. The van der Waals surface area contributed by atoms with Crippen molar-refractivity contribution in [3.05, 3.63) is 40.7 Å². The Balaban J connectivity index is 2.16. The molecule has 0 atom stereocenters. The van der Waals surface area contributed by atoms with Gasteiger partial charge in [0.15, 0.2) is 5.69 Å². The molecule has 0 aliphatic rings. The van der Waals surface area contributed by atoms with Crippen molar-refractivity contribution >= 4 is 11.6 Å². The molecule has 0 radical (unpaired) electrons. The molecule has 0 bridgehead atoms. The fraction of sp³-hybridized carbons (Fsp3) is 0.182. The first-order chi connectivity index (χ1) is 8.22. The monoisotopic (exact) mass is 248 g/mol. The molecule has 5 nitrogen and oxygen atoms in total. The highest BCUT2D eigenvalue weighted by atomic mass is 35.5. The summed E-state index contributed by atoms with van der Waals surface area (Å²) in [7, 11) is 1.71. The summed E-state index contributed by atoms with van der Waals surface area (Å²) in [6.45, 7) is 0.204. The lowest BCUT2D eigenvalue weighted by atomic mass is 10.3. The van der Waals surface area contributed by atoms with Gasteiger partial charge in [-0.2, -0.15) is 5.26 Å². The molecule has 0 saturated heterocycles. The van der Waals surface area contributed by atoms with Crippen molar-refractivity contribution in [2.45, 2.75) is 6.61 Å². The van der Waals surface area contributed by atoms with Gasteiger partial charge in [-0.15, -0.1) is 5.10 Å². The van der Waals surface area contributed by atoms with Crippen LogP contribution in [0.4, 0.5) is 0 Å². The molecule has 1 aromatic carbocycles. The third-order valence-electron chi connectivity index (χ3n) is 2.25. The fourth-order valence-electron chi connectivity index (χ4n) is 1.33. The lowest BCUT2D eigenvalue weighted by Crippen LogP contribution is -2.04. The maximum Gasteiger partial charge on any atom is 0.189 e. The van der Waals surface area contributed by atoms with E-state index in [0.717, 1.165) is 0 Å². The third kappa shape index (κ3) is 2.37. The number of aromatic nitrogens is 3. The second-order valence-corrected chi connectivity index (χ2v) is 3.75. The Morgan fingerprint density at radius 3 is 2.94 bits per heavy atom. The third-order valence-corrected chi connectivity index (χ3v) is 2.56. The molecular weight excluding hydrogens is 240 g/mol. The Morgan fingerprint density at radius 2 is 2.24 bits per heavy atom. The van der Waals surface area contributed by atoms with Gasteiger partial charge in [-0.3, -0.25) is 0 Å². The van der Waals surface area contributed by atoms with Crippen LogP contribution in [0, 0.1) is 11.3 Å². The number of ether oxygens (including phenoxy) is 1. The lowest BCUT2D eigenvalue weighted by Gasteiger charge is -2.07. The molecule has 1 aromatic heterocycles. The van der Waals surface area contributed by atoms with Gasteiger partial charge < -0.3 is 4.74 Å². The van der Waals surface area contributed by atoms with Crippen LogP contribution in [0.2, 0.25) is 5.02 Å². The molecule has 86 valence electrons. The average Bonchev–Trinajstić information content (AvgIpc) is 2.69. The molecule has 0 unspecified atom stereocenters. The number of halogens is 1. The summed E-state index contributed by atoms with van der Waals surface area (Å²) in [5, 5.41) is 16.8. The van der Waals surface area contributed by atoms with Crippen LogP contribution in [-0.4, -0.2) is 15.0 Å². The molecular formula is C11H9ClN4O. The van der Waals surface area contributed by atoms with Crippen molar-refractivity contribution in [3.63, 3.8) is 0 Å². The summed E-state index contributed by atoms with van der Waals surface area (Å²) in [5.74, 6) is 0.569. The summed E-state index contributed by atoms with van der Waals surface area (Å²) in [4.78, 5) is 0. The van der Waals surface area contributed by atoms with Gasteiger partial charge in [-0.25, -0.2) is 4.68 Å². The molecule has 17 heavy (non-hydrogen) atoms. The van der Waals surface area contributed by atoms with Crippen LogP contribution in [0.25, 0.3) is 0 Å². The minimum absolute atomic E-state index is 0.204. The van der Waals surface area contributed by atoms with E-state index in [1.807, 2.05) is 18.2 Å². The van der Waals surface area contributed by atoms with Gasteiger partial charge in [0.05, 0.1) is 5.02 Å². The standard InChI is InChI=1S/C11H9ClN4O/c1-16-10(9(6-13)14-15-16)7-17-11-5-3-2-4-8(11)12/h2-5H,7H2,1H3. The molecule has 2 aromatic rings. The first-order valence-corrected chi connectivity index (χ1v) is 5.26. The maximum atomic E-state index is 8.84. The van der Waals surface area contributed by atoms with Gasteiger partial charge in [0, 0.05) is 7.05 Å². The van der Waals surface area contributed by atoms with Gasteiger partial charge in [-0.1, -0.05) is 28.9 Å². The van der Waals surface area contributed by atoms with Crippen LogP contribution < -0.4 is 4.74 Å². The second-order valence-electron chi connectivity index (χ2n) is 3.34. The van der Waals surface area contributed by atoms with Crippen LogP contribution in [-0.2, 0) is 13.7 Å². The quantitative estimate of drug-likeness (QED) is 0.832. The van der Waals surface area contributed by atoms with E-state index < -0.39 is 0 Å². The number of nitrogens with zero attached hydrogens (tertiary/aromatic N) is 4. The minimum Gasteiger partial charge on any atom is -0.486 e. The van der Waals surface area contributed by atoms with E-state index in [9.17, 15) is 0 Å². The van der Waals surface area contributed by atoms with Crippen molar-refractivity contribution in [1.29, 1.82) is 5.26 Å². The zero-order chi connectivity index (χ0) is 12.3. The van der Waals surface area contributed by atoms with E-state index in [4.69, 9.17) is 21.6 Å². The van der Waals surface area contributed by atoms with E-state index in [2.05, 4.69) is 10.3 Å². The smallest absolute Gasteiger partial charge is 0.189 e. The fourth-order valence-corrected chi connectivity index (χ4v) is 1.52. The largest absolute Gasteiger partial charge is 0.486 e. The molecule has 0 saturated carbocycles. The lowest BCUT2D eigenvalue weighted by molar-refractivity contribution is 0.294. The van der Waals surface area contributed by atoms with E-state index in [0.29, 0.717) is 16.5 Å². The van der Waals surface area contributed by atoms with E-state index in [1.54, 1.807) is 19.2 Å². The molecule has 0 spiro atoms. The van der Waals surface area contributed by atoms with Gasteiger partial charge in [-0.05, 0) is 12.1 Å². The molecule has 1 heterocycles. The predicted octanol–water partition coefficient (Wildman–Crippen LogP) is 1.92. The average molecular weight is 249 g/mol. The number of rotatable bonds is 3. The predicted molar refractivity (Wildman–Crippen MR) is 61.5 cm³/mol. The van der Waals surface area contributed by atoms with Crippen LogP contribution in [0.15, 0.2) is 24.3 Å². The molecule has 0 aliphatic heterocycles. The van der Waals surface area contributed by atoms with Crippen molar-refractivity contribution in [1.82, 2.24) is 15.0 Å². The van der Waals surface area contributed by atoms with E-state index in [-0.39, 0.29) is 12.3 Å². The van der Waals surface area contributed by atoms with Crippen molar-refractivity contribution in [2.24, 2.45) is 7.05 Å². The number of hydrogen-bond acceptors (Lipinski definition) is 4. The summed E-state index contributed by atoms with van der Waals surface area (Å²) >= 11 is 5.95. The van der Waals surface area contributed by atoms with Crippen molar-refractivity contribution < 1.29 is 4.74 Å². The van der Waals surface area contributed by atoms with Crippen LogP contribution in [0.5, 0.6) is 5.75 Å². The maximum absolute atomic E-state index is 8.84. The second kappa shape index (κ2) is 4.85. The zero-order valence-corrected chi connectivity index (χ0v) is 9.85. The normalized spacial score (nSPS) is 9.94. The zero-order valence-electron chi connectivity index (χ0n) is 9.09. The highest BCUT2D eigenvalue weighted by Gasteiger charge is 2.11. The first-order valence-electron chi connectivity index (χ1n) is 4.88. The molecule has 2 rings (SSSR count). The van der Waals surface area contributed by atoms with Gasteiger partial charge in [0.25, 0.3) is 0 Å². The number of aryl methyl sites for hydroxylation is 1. The van der Waals surface area contributed by atoms with Crippen LogP contribution in [0.1, 0.15) is 11.4 Å². The number of para-hydroxylation sites is 1. The molecule has 0 fully saturated rings. The Kier molecular flexibility index (Phi) is 3.26. The topological polar surface area (TPSA) is 63.7 Å². The van der Waals surface area contributed by atoms with Gasteiger partial charge in [0.1, 0.15) is 24.1 Å². The summed E-state index contributed by atoms with van der Waals surface area (Å²) < 4.78 is 7.03. The molecule has 6 heteroatoms. The number of hydrogen-bond donors (Lipinski definition) is 0. The highest BCUT2D eigenvalue weighted by Crippen LogP contribution is 2.24. The summed E-state index contributed by atoms with van der Waals surface area (Å²) in [6, 6.07) is 9.11. The Bertz CT molecular complexity index is 573. The van der Waals surface area contributed by atoms with Gasteiger partial charge in [0.2, 0.25) is 0 Å². The van der Waals surface area contributed by atoms with Crippen molar-refractivity contribution in [3.8, 4) is 11.8 Å². The number of nitriles is 1. The molecule has 0 amide bonds. The van der Waals surface area contributed by atoms with Crippen LogP contribution in [0.3, 0.4) is 0 Å². The summed E-state index contributed by atoms with van der Waals surface area (Å²) in [6.07, 6.45) is 0. The molecule has 0 N–H and O–H groups in total. The highest BCUT2D eigenvalue weighted by molar-refractivity contribution is 6.32. The number of benzene rings is 1. The van der Waals surface area contributed by atoms with Crippen molar-refractivity contribution in [2.75, 3.05) is 0 Å². The first kappa shape index (κ1) is 11.4. The van der Waals surface area contributed by atoms with Crippen LogP contribution >= 0.6 is 11.6 Å². The van der Waals surface area contributed by atoms with E-state index >= 15 is 0 Å². The summed E-state index contributed by atoms with van der Waals surface area (Å²) in [5.41, 5.74) is 0.881. The van der Waals surface area contributed by atoms with E-state index in [1.165, 1.54) is 4.68 Å². The Hall–Kier alpha value is -2.06. The SMILES string of the molecule is Cn1nnc(C#N)c1COc1ccccc1Cl. The van der Waals surface area contributed by atoms with Gasteiger partial charge >= 0.3 is 0 Å². The molecule has 0 aliphatic carbocycles. The minimum atomic E-state index is 0.204. The Labute approximate surface area is 103 Å².